The first-order chi connectivity index (χ1) is 15.0. The van der Waals surface area contributed by atoms with E-state index in [0.29, 0.717) is 17.9 Å². The van der Waals surface area contributed by atoms with Crippen molar-refractivity contribution in [3.63, 3.8) is 0 Å². The van der Waals surface area contributed by atoms with Crippen LogP contribution in [-0.2, 0) is 22.4 Å². The number of nitrogens with one attached hydrogen (secondary N) is 2. The van der Waals surface area contributed by atoms with Crippen LogP contribution in [0.5, 0.6) is 11.5 Å². The third kappa shape index (κ3) is 5.37. The van der Waals surface area contributed by atoms with E-state index in [2.05, 4.69) is 28.8 Å². The highest BCUT2D eigenvalue weighted by Crippen LogP contribution is 2.30. The van der Waals surface area contributed by atoms with E-state index in [0.717, 1.165) is 24.0 Å². The molecule has 0 spiro atoms. The van der Waals surface area contributed by atoms with Crippen molar-refractivity contribution in [2.45, 2.75) is 58.0 Å². The van der Waals surface area contributed by atoms with E-state index < -0.39 is 11.8 Å². The van der Waals surface area contributed by atoms with E-state index in [1.165, 1.54) is 24.0 Å². The zero-order valence-corrected chi connectivity index (χ0v) is 18.8. The molecule has 0 bridgehead atoms. The molecular formula is C25H32N2O4. The number of carbonyl (C=O) groups excluding carboxylic acids is 2. The highest BCUT2D eigenvalue weighted by Gasteiger charge is 2.22. The Morgan fingerprint density at radius 1 is 0.871 bits per heavy atom. The van der Waals surface area contributed by atoms with Crippen LogP contribution >= 0.6 is 0 Å². The zero-order chi connectivity index (χ0) is 22.4. The Morgan fingerprint density at radius 3 is 2.19 bits per heavy atom. The lowest BCUT2D eigenvalue weighted by Gasteiger charge is -2.22. The molecule has 1 aliphatic carbocycles. The molecule has 2 aromatic rings. The second-order valence-electron chi connectivity index (χ2n) is 7.98. The molecule has 6 nitrogen and oxygen atoms in total. The number of ether oxygens (including phenoxy) is 2. The number of benzene rings is 2. The predicted molar refractivity (Wildman–Crippen MR) is 120 cm³/mol. The van der Waals surface area contributed by atoms with Gasteiger partial charge in [-0.25, -0.2) is 0 Å². The largest absolute Gasteiger partial charge is 0.493 e. The number of carbonyl (C=O) groups is 2. The van der Waals surface area contributed by atoms with Gasteiger partial charge < -0.3 is 20.1 Å². The van der Waals surface area contributed by atoms with Crippen LogP contribution in [0.3, 0.4) is 0 Å². The molecule has 0 radical (unpaired) electrons. The van der Waals surface area contributed by atoms with Crippen molar-refractivity contribution in [3.05, 3.63) is 58.7 Å². The number of fused-ring (bicyclic) bond motifs is 1. The molecule has 0 saturated carbocycles. The SMILES string of the molecule is CCC(NC(=O)C(=O)NC(C)c1ccc(OC)c(OC)c1)c1ccc2c(c1)CCCC2. The van der Waals surface area contributed by atoms with Gasteiger partial charge in [0.15, 0.2) is 11.5 Å². The Kier molecular flexibility index (Phi) is 7.55. The number of hydrogen-bond acceptors (Lipinski definition) is 4. The van der Waals surface area contributed by atoms with Gasteiger partial charge in [0.2, 0.25) is 0 Å². The Labute approximate surface area is 184 Å². The van der Waals surface area contributed by atoms with Gasteiger partial charge in [0.1, 0.15) is 0 Å². The Hall–Kier alpha value is -3.02. The van der Waals surface area contributed by atoms with Gasteiger partial charge in [0.25, 0.3) is 0 Å². The lowest BCUT2D eigenvalue weighted by atomic mass is 9.89. The summed E-state index contributed by atoms with van der Waals surface area (Å²) in [6.07, 6.45) is 5.35. The summed E-state index contributed by atoms with van der Waals surface area (Å²) in [5, 5.41) is 5.66. The second kappa shape index (κ2) is 10.3. The van der Waals surface area contributed by atoms with Gasteiger partial charge in [-0.3, -0.25) is 9.59 Å². The Bertz CT molecular complexity index is 941. The lowest BCUT2D eigenvalue weighted by Crippen LogP contribution is -2.42. The van der Waals surface area contributed by atoms with E-state index in [9.17, 15) is 9.59 Å². The fourth-order valence-electron chi connectivity index (χ4n) is 4.08. The van der Waals surface area contributed by atoms with E-state index >= 15 is 0 Å². The third-order valence-electron chi connectivity index (χ3n) is 5.95. The summed E-state index contributed by atoms with van der Waals surface area (Å²) in [6.45, 7) is 3.84. The maximum atomic E-state index is 12.6. The van der Waals surface area contributed by atoms with Gasteiger partial charge in [-0.05, 0) is 73.4 Å². The molecule has 2 atom stereocenters. The number of methoxy groups -OCH3 is 2. The second-order valence-corrected chi connectivity index (χ2v) is 7.98. The summed E-state index contributed by atoms with van der Waals surface area (Å²) >= 11 is 0. The van der Waals surface area contributed by atoms with E-state index in [-0.39, 0.29) is 12.1 Å². The molecule has 2 amide bonds. The Balaban J connectivity index is 1.64. The molecule has 2 aromatic carbocycles. The molecule has 0 aliphatic heterocycles. The third-order valence-corrected chi connectivity index (χ3v) is 5.95. The molecule has 2 unspecified atom stereocenters. The van der Waals surface area contributed by atoms with Gasteiger partial charge in [0.05, 0.1) is 26.3 Å². The van der Waals surface area contributed by atoms with Crippen molar-refractivity contribution >= 4 is 11.8 Å². The lowest BCUT2D eigenvalue weighted by molar-refractivity contribution is -0.140. The van der Waals surface area contributed by atoms with Crippen LogP contribution in [0, 0.1) is 0 Å². The fraction of sp³-hybridized carbons (Fsp3) is 0.440. The van der Waals surface area contributed by atoms with Crippen molar-refractivity contribution < 1.29 is 19.1 Å². The number of aryl methyl sites for hydroxylation is 2. The first-order valence-electron chi connectivity index (χ1n) is 10.9. The molecule has 0 heterocycles. The summed E-state index contributed by atoms with van der Waals surface area (Å²) in [4.78, 5) is 25.1. The number of rotatable bonds is 7. The molecule has 2 N–H and O–H groups in total. The monoisotopic (exact) mass is 424 g/mol. The van der Waals surface area contributed by atoms with Crippen molar-refractivity contribution in [1.29, 1.82) is 0 Å². The highest BCUT2D eigenvalue weighted by molar-refractivity contribution is 6.35. The van der Waals surface area contributed by atoms with E-state index in [1.807, 2.05) is 19.9 Å². The zero-order valence-electron chi connectivity index (χ0n) is 18.8. The molecule has 166 valence electrons. The average molecular weight is 425 g/mol. The molecule has 31 heavy (non-hydrogen) atoms. The van der Waals surface area contributed by atoms with Crippen LogP contribution in [0.1, 0.15) is 67.4 Å². The van der Waals surface area contributed by atoms with Crippen molar-refractivity contribution in [1.82, 2.24) is 10.6 Å². The molecule has 1 aliphatic rings. The maximum absolute atomic E-state index is 12.6. The molecule has 6 heteroatoms. The van der Waals surface area contributed by atoms with Crippen LogP contribution in [0.2, 0.25) is 0 Å². The number of amides is 2. The first-order valence-corrected chi connectivity index (χ1v) is 10.9. The predicted octanol–water partition coefficient (Wildman–Crippen LogP) is 4.03. The van der Waals surface area contributed by atoms with Crippen LogP contribution in [-0.4, -0.2) is 26.0 Å². The summed E-state index contributed by atoms with van der Waals surface area (Å²) in [7, 11) is 3.13. The highest BCUT2D eigenvalue weighted by atomic mass is 16.5. The minimum absolute atomic E-state index is 0.193. The van der Waals surface area contributed by atoms with Gasteiger partial charge in [0, 0.05) is 0 Å². The van der Waals surface area contributed by atoms with Crippen LogP contribution in [0.25, 0.3) is 0 Å². The number of hydrogen-bond donors (Lipinski definition) is 2. The van der Waals surface area contributed by atoms with Crippen molar-refractivity contribution in [2.75, 3.05) is 14.2 Å². The smallest absolute Gasteiger partial charge is 0.309 e. The van der Waals surface area contributed by atoms with Crippen LogP contribution in [0.4, 0.5) is 0 Å². The average Bonchev–Trinajstić information content (AvgIpc) is 2.81. The summed E-state index contributed by atoms with van der Waals surface area (Å²) in [5.41, 5.74) is 4.64. The van der Waals surface area contributed by atoms with Crippen LogP contribution < -0.4 is 20.1 Å². The minimum atomic E-state index is -0.654. The van der Waals surface area contributed by atoms with Gasteiger partial charge in [-0.15, -0.1) is 0 Å². The molecule has 0 aromatic heterocycles. The van der Waals surface area contributed by atoms with Crippen LogP contribution in [0.15, 0.2) is 36.4 Å². The van der Waals surface area contributed by atoms with E-state index in [4.69, 9.17) is 9.47 Å². The topological polar surface area (TPSA) is 76.7 Å². The fourth-order valence-corrected chi connectivity index (χ4v) is 4.08. The summed E-state index contributed by atoms with van der Waals surface area (Å²) in [6, 6.07) is 11.3. The van der Waals surface area contributed by atoms with Gasteiger partial charge in [-0.2, -0.15) is 0 Å². The minimum Gasteiger partial charge on any atom is -0.493 e. The van der Waals surface area contributed by atoms with Crippen molar-refractivity contribution in [2.24, 2.45) is 0 Å². The Morgan fingerprint density at radius 2 is 1.52 bits per heavy atom. The normalized spacial score (nSPS) is 14.7. The summed E-state index contributed by atoms with van der Waals surface area (Å²) < 4.78 is 10.6. The quantitative estimate of drug-likeness (QED) is 0.658. The van der Waals surface area contributed by atoms with E-state index in [1.54, 1.807) is 26.4 Å². The maximum Gasteiger partial charge on any atom is 0.309 e. The van der Waals surface area contributed by atoms with Gasteiger partial charge >= 0.3 is 11.8 Å². The van der Waals surface area contributed by atoms with Gasteiger partial charge in [-0.1, -0.05) is 31.2 Å². The molecule has 0 fully saturated rings. The first kappa shape index (κ1) is 22.7. The standard InChI is InChI=1S/C25H32N2O4/c1-5-21(20-11-10-17-8-6-7-9-19(17)14-20)27-25(29)24(28)26-16(2)18-12-13-22(30-3)23(15-18)31-4/h10-16,21H,5-9H2,1-4H3,(H,26,28)(H,27,29). The van der Waals surface area contributed by atoms with Crippen molar-refractivity contribution in [3.8, 4) is 11.5 Å². The molecule has 0 saturated heterocycles. The summed E-state index contributed by atoms with van der Waals surface area (Å²) in [5.74, 6) is -0.0991. The molecule has 3 rings (SSSR count). The molecular weight excluding hydrogens is 392 g/mol.